The number of likely N-dealkylation sites (tertiary alicyclic amines) is 1. The molecule has 0 aromatic heterocycles. The number of hydrogen-bond donors (Lipinski definition) is 1. The van der Waals surface area contributed by atoms with Gasteiger partial charge in [0, 0.05) is 13.1 Å². The van der Waals surface area contributed by atoms with E-state index in [2.05, 4.69) is 29.3 Å². The molecule has 2 aliphatic heterocycles. The molecular weight excluding hydrogens is 262 g/mol. The lowest BCUT2D eigenvalue weighted by atomic mass is 10.1. The van der Waals surface area contributed by atoms with Gasteiger partial charge in [0.05, 0.1) is 6.04 Å². The molecule has 0 aliphatic carbocycles. The van der Waals surface area contributed by atoms with Crippen LogP contribution in [-0.4, -0.2) is 47.9 Å². The molecule has 0 spiro atoms. The Labute approximate surface area is 127 Å². The highest BCUT2D eigenvalue weighted by Crippen LogP contribution is 2.26. The van der Waals surface area contributed by atoms with E-state index >= 15 is 0 Å². The topological polar surface area (TPSA) is 35.6 Å². The fourth-order valence-electron chi connectivity index (χ4n) is 3.38. The van der Waals surface area contributed by atoms with Crippen LogP contribution in [0.15, 0.2) is 30.3 Å². The second-order valence-corrected chi connectivity index (χ2v) is 6.02. The molecule has 1 aromatic rings. The lowest BCUT2D eigenvalue weighted by Gasteiger charge is -2.26. The van der Waals surface area contributed by atoms with E-state index in [0.29, 0.717) is 0 Å². The van der Waals surface area contributed by atoms with Crippen molar-refractivity contribution in [1.29, 1.82) is 0 Å². The highest BCUT2D eigenvalue weighted by Gasteiger charge is 2.38. The van der Waals surface area contributed by atoms with Gasteiger partial charge in [-0.2, -0.15) is 0 Å². The van der Waals surface area contributed by atoms with Gasteiger partial charge in [0.2, 0.25) is 5.91 Å². The van der Waals surface area contributed by atoms with E-state index in [9.17, 15) is 4.79 Å². The fourth-order valence-corrected chi connectivity index (χ4v) is 3.38. The average Bonchev–Trinajstić information content (AvgIpc) is 3.14. The first-order valence-corrected chi connectivity index (χ1v) is 8.13. The van der Waals surface area contributed by atoms with E-state index in [1.165, 1.54) is 31.5 Å². The average molecular weight is 287 g/mol. The zero-order valence-electron chi connectivity index (χ0n) is 12.8. The van der Waals surface area contributed by atoms with Crippen LogP contribution in [0, 0.1) is 0 Å². The highest BCUT2D eigenvalue weighted by molar-refractivity contribution is 5.84. The second kappa shape index (κ2) is 6.58. The molecule has 4 heteroatoms. The Morgan fingerprint density at radius 2 is 1.86 bits per heavy atom. The Hall–Kier alpha value is -1.39. The molecule has 2 heterocycles. The van der Waals surface area contributed by atoms with E-state index < -0.39 is 0 Å². The van der Waals surface area contributed by atoms with Crippen LogP contribution in [0.4, 0.5) is 0 Å². The van der Waals surface area contributed by atoms with E-state index in [-0.39, 0.29) is 18.1 Å². The summed E-state index contributed by atoms with van der Waals surface area (Å²) < 4.78 is 0. The number of rotatable bonds is 5. The van der Waals surface area contributed by atoms with Gasteiger partial charge in [-0.1, -0.05) is 37.3 Å². The summed E-state index contributed by atoms with van der Waals surface area (Å²) in [6, 6.07) is 10.3. The third kappa shape index (κ3) is 3.11. The molecule has 0 bridgehead atoms. The maximum Gasteiger partial charge on any atom is 0.241 e. The Bertz CT molecular complexity index is 470. The molecule has 114 valence electrons. The zero-order chi connectivity index (χ0) is 14.7. The number of nitrogens with one attached hydrogen (secondary N) is 1. The van der Waals surface area contributed by atoms with Crippen molar-refractivity contribution >= 4 is 5.91 Å². The van der Waals surface area contributed by atoms with Gasteiger partial charge in [0.15, 0.2) is 0 Å². The Morgan fingerprint density at radius 1 is 1.14 bits per heavy atom. The van der Waals surface area contributed by atoms with Crippen molar-refractivity contribution in [3.8, 4) is 0 Å². The van der Waals surface area contributed by atoms with Crippen LogP contribution in [0.1, 0.15) is 37.9 Å². The van der Waals surface area contributed by atoms with Gasteiger partial charge in [-0.05, 0) is 37.9 Å². The quantitative estimate of drug-likeness (QED) is 0.899. The van der Waals surface area contributed by atoms with Crippen molar-refractivity contribution in [2.24, 2.45) is 0 Å². The summed E-state index contributed by atoms with van der Waals surface area (Å²) in [6.45, 7) is 6.25. The largest absolute Gasteiger partial charge is 0.320 e. The van der Waals surface area contributed by atoms with Gasteiger partial charge in [-0.3, -0.25) is 10.1 Å². The fraction of sp³-hybridized carbons (Fsp3) is 0.588. The summed E-state index contributed by atoms with van der Waals surface area (Å²) >= 11 is 0. The Morgan fingerprint density at radius 3 is 2.52 bits per heavy atom. The van der Waals surface area contributed by atoms with Crippen LogP contribution in [-0.2, 0) is 4.79 Å². The summed E-state index contributed by atoms with van der Waals surface area (Å²) in [6.07, 6.45) is 3.48. The van der Waals surface area contributed by atoms with Crippen molar-refractivity contribution in [1.82, 2.24) is 15.1 Å². The number of carbonyl (C=O) groups excluding carboxylic acids is 1. The number of benzene rings is 1. The van der Waals surface area contributed by atoms with E-state index in [4.69, 9.17) is 0 Å². The maximum atomic E-state index is 12.6. The molecule has 1 amide bonds. The molecule has 21 heavy (non-hydrogen) atoms. The first-order chi connectivity index (χ1) is 10.3. The monoisotopic (exact) mass is 287 g/mol. The van der Waals surface area contributed by atoms with Crippen molar-refractivity contribution in [3.63, 3.8) is 0 Å². The van der Waals surface area contributed by atoms with E-state index in [1.54, 1.807) is 0 Å². The summed E-state index contributed by atoms with van der Waals surface area (Å²) in [5, 5.41) is 3.49. The molecule has 0 radical (unpaired) electrons. The Balaban J connectivity index is 1.71. The number of nitrogens with zero attached hydrogens (tertiary/aromatic N) is 2. The highest BCUT2D eigenvalue weighted by atomic mass is 16.2. The summed E-state index contributed by atoms with van der Waals surface area (Å²) in [7, 11) is 0. The third-order valence-electron chi connectivity index (χ3n) is 4.63. The molecule has 2 unspecified atom stereocenters. The molecule has 0 saturated carbocycles. The first-order valence-electron chi connectivity index (χ1n) is 8.13. The molecule has 2 saturated heterocycles. The summed E-state index contributed by atoms with van der Waals surface area (Å²) in [5.74, 6) is 0.255. The normalized spacial score (nSPS) is 26.7. The van der Waals surface area contributed by atoms with Crippen LogP contribution in [0.25, 0.3) is 0 Å². The number of amides is 1. The minimum Gasteiger partial charge on any atom is -0.320 e. The molecule has 2 aliphatic rings. The molecule has 1 N–H and O–H groups in total. The lowest BCUT2D eigenvalue weighted by Crippen LogP contribution is -2.37. The summed E-state index contributed by atoms with van der Waals surface area (Å²) in [5.41, 5.74) is 1.18. The van der Waals surface area contributed by atoms with Crippen LogP contribution < -0.4 is 5.32 Å². The molecule has 2 atom stereocenters. The minimum absolute atomic E-state index is 0.0335. The first kappa shape index (κ1) is 14.5. The van der Waals surface area contributed by atoms with Gasteiger partial charge < -0.3 is 9.80 Å². The van der Waals surface area contributed by atoms with Gasteiger partial charge in [0.1, 0.15) is 6.17 Å². The van der Waals surface area contributed by atoms with Crippen molar-refractivity contribution < 1.29 is 4.79 Å². The predicted molar refractivity (Wildman–Crippen MR) is 83.8 cm³/mol. The van der Waals surface area contributed by atoms with Crippen molar-refractivity contribution in [3.05, 3.63) is 35.9 Å². The minimum atomic E-state index is -0.0335. The lowest BCUT2D eigenvalue weighted by molar-refractivity contribution is -0.130. The van der Waals surface area contributed by atoms with Crippen LogP contribution in [0.3, 0.4) is 0 Å². The Kier molecular flexibility index (Phi) is 4.56. The van der Waals surface area contributed by atoms with Crippen LogP contribution >= 0.6 is 0 Å². The molecule has 4 nitrogen and oxygen atoms in total. The SMILES string of the molecule is CCC1NC(c2ccccc2)N(CCN2CCCC2)C1=O. The standard InChI is InChI=1S/C17H25N3O/c1-2-15-17(21)20(13-12-19-10-6-7-11-19)16(18-15)14-8-4-3-5-9-14/h3-5,8-9,15-16,18H,2,6-7,10-13H2,1H3. The molecule has 3 rings (SSSR count). The van der Waals surface area contributed by atoms with Crippen LogP contribution in [0.5, 0.6) is 0 Å². The van der Waals surface area contributed by atoms with Gasteiger partial charge in [0.25, 0.3) is 0 Å². The van der Waals surface area contributed by atoms with Crippen molar-refractivity contribution in [2.75, 3.05) is 26.2 Å². The predicted octanol–water partition coefficient (Wildman–Crippen LogP) is 1.99. The molecule has 1 aromatic carbocycles. The van der Waals surface area contributed by atoms with Crippen molar-refractivity contribution in [2.45, 2.75) is 38.4 Å². The van der Waals surface area contributed by atoms with Gasteiger partial charge >= 0.3 is 0 Å². The van der Waals surface area contributed by atoms with Crippen LogP contribution in [0.2, 0.25) is 0 Å². The molecule has 2 fully saturated rings. The summed E-state index contributed by atoms with van der Waals surface area (Å²) in [4.78, 5) is 17.1. The third-order valence-corrected chi connectivity index (χ3v) is 4.63. The number of carbonyl (C=O) groups is 1. The van der Waals surface area contributed by atoms with Gasteiger partial charge in [-0.15, -0.1) is 0 Å². The smallest absolute Gasteiger partial charge is 0.241 e. The number of hydrogen-bond acceptors (Lipinski definition) is 3. The maximum absolute atomic E-state index is 12.6. The molecular formula is C17H25N3O. The zero-order valence-corrected chi connectivity index (χ0v) is 12.8. The van der Waals surface area contributed by atoms with E-state index in [0.717, 1.165) is 19.5 Å². The van der Waals surface area contributed by atoms with E-state index in [1.807, 2.05) is 23.1 Å². The van der Waals surface area contributed by atoms with Gasteiger partial charge in [-0.25, -0.2) is 0 Å². The second-order valence-electron chi connectivity index (χ2n) is 6.02.